The molecule has 1 amide bonds. The molecule has 2 N–H and O–H groups in total. The standard InChI is InChI=1S/C25H32N4O/c1-2-26-24(28-19-25(14-15-25)22-11-4-3-5-12-22)27-16-8-13-23(30)29-17-20-9-6-7-10-21(20)18-29/h3-7,9-12H,2,8,13-19H2,1H3,(H2,26,27,28). The second-order valence-electron chi connectivity index (χ2n) is 8.39. The van der Waals surface area contributed by atoms with Gasteiger partial charge in [-0.25, -0.2) is 0 Å². The first-order valence-corrected chi connectivity index (χ1v) is 11.1. The molecule has 1 saturated carbocycles. The van der Waals surface area contributed by atoms with Crippen LogP contribution >= 0.6 is 0 Å². The van der Waals surface area contributed by atoms with Gasteiger partial charge in [0, 0.05) is 38.0 Å². The third kappa shape index (κ3) is 4.84. The Morgan fingerprint density at radius 3 is 2.30 bits per heavy atom. The van der Waals surface area contributed by atoms with Crippen molar-refractivity contribution in [2.45, 2.75) is 51.1 Å². The van der Waals surface area contributed by atoms with E-state index in [0.29, 0.717) is 6.42 Å². The van der Waals surface area contributed by atoms with Gasteiger partial charge in [-0.1, -0.05) is 54.6 Å². The average molecular weight is 405 g/mol. The van der Waals surface area contributed by atoms with Crippen molar-refractivity contribution < 1.29 is 4.79 Å². The maximum absolute atomic E-state index is 12.6. The summed E-state index contributed by atoms with van der Waals surface area (Å²) in [6.07, 6.45) is 3.77. The van der Waals surface area contributed by atoms with Gasteiger partial charge in [0.25, 0.3) is 0 Å². The summed E-state index contributed by atoms with van der Waals surface area (Å²) in [5, 5.41) is 6.74. The number of rotatable bonds is 8. The number of guanidine groups is 1. The third-order valence-corrected chi connectivity index (χ3v) is 6.18. The first kappa shape index (κ1) is 20.5. The van der Waals surface area contributed by atoms with Gasteiger partial charge < -0.3 is 15.5 Å². The zero-order chi connectivity index (χ0) is 20.8. The van der Waals surface area contributed by atoms with Crippen molar-refractivity contribution >= 4 is 11.9 Å². The van der Waals surface area contributed by atoms with Gasteiger partial charge in [0.1, 0.15) is 0 Å². The van der Waals surface area contributed by atoms with E-state index in [4.69, 9.17) is 4.99 Å². The van der Waals surface area contributed by atoms with Crippen LogP contribution in [-0.4, -0.2) is 36.4 Å². The lowest BCUT2D eigenvalue weighted by molar-refractivity contribution is -0.131. The molecule has 5 heteroatoms. The number of benzene rings is 2. The van der Waals surface area contributed by atoms with Crippen LogP contribution in [0.25, 0.3) is 0 Å². The number of fused-ring (bicyclic) bond motifs is 1. The third-order valence-electron chi connectivity index (χ3n) is 6.18. The Morgan fingerprint density at radius 1 is 1.00 bits per heavy atom. The van der Waals surface area contributed by atoms with Gasteiger partial charge in [-0.3, -0.25) is 9.79 Å². The monoisotopic (exact) mass is 404 g/mol. The normalized spacial score (nSPS) is 16.8. The van der Waals surface area contributed by atoms with Crippen LogP contribution in [0, 0.1) is 0 Å². The van der Waals surface area contributed by atoms with Crippen molar-refractivity contribution in [3.05, 3.63) is 71.3 Å². The predicted molar refractivity (Wildman–Crippen MR) is 121 cm³/mol. The molecule has 1 aliphatic carbocycles. The fourth-order valence-corrected chi connectivity index (χ4v) is 4.17. The summed E-state index contributed by atoms with van der Waals surface area (Å²) in [5.41, 5.74) is 4.15. The van der Waals surface area contributed by atoms with E-state index >= 15 is 0 Å². The Balaban J connectivity index is 1.23. The second kappa shape index (κ2) is 9.33. The van der Waals surface area contributed by atoms with Crippen molar-refractivity contribution in [1.29, 1.82) is 0 Å². The fourth-order valence-electron chi connectivity index (χ4n) is 4.17. The number of nitrogens with one attached hydrogen (secondary N) is 2. The molecule has 30 heavy (non-hydrogen) atoms. The molecule has 0 unspecified atom stereocenters. The lowest BCUT2D eigenvalue weighted by Gasteiger charge is -2.17. The minimum absolute atomic E-state index is 0.213. The molecule has 0 saturated heterocycles. The van der Waals surface area contributed by atoms with E-state index in [2.05, 4.69) is 60.0 Å². The maximum Gasteiger partial charge on any atom is 0.223 e. The van der Waals surface area contributed by atoms with Crippen LogP contribution < -0.4 is 10.6 Å². The van der Waals surface area contributed by atoms with Gasteiger partial charge in [0.05, 0.1) is 6.54 Å². The van der Waals surface area contributed by atoms with E-state index in [1.54, 1.807) is 0 Å². The molecule has 4 rings (SSSR count). The largest absolute Gasteiger partial charge is 0.357 e. The summed E-state index contributed by atoms with van der Waals surface area (Å²) in [7, 11) is 0. The van der Waals surface area contributed by atoms with Crippen LogP contribution in [0.15, 0.2) is 59.6 Å². The second-order valence-corrected chi connectivity index (χ2v) is 8.39. The van der Waals surface area contributed by atoms with E-state index in [1.165, 1.54) is 29.5 Å². The number of carbonyl (C=O) groups excluding carboxylic acids is 1. The zero-order valence-electron chi connectivity index (χ0n) is 17.9. The maximum atomic E-state index is 12.6. The first-order chi connectivity index (χ1) is 14.7. The molecule has 1 aliphatic heterocycles. The fraction of sp³-hybridized carbons (Fsp3) is 0.440. The van der Waals surface area contributed by atoms with Gasteiger partial charge >= 0.3 is 0 Å². The van der Waals surface area contributed by atoms with Crippen LogP contribution in [-0.2, 0) is 23.3 Å². The van der Waals surface area contributed by atoms with E-state index in [9.17, 15) is 4.79 Å². The van der Waals surface area contributed by atoms with E-state index in [-0.39, 0.29) is 11.3 Å². The van der Waals surface area contributed by atoms with Crippen LogP contribution in [0.2, 0.25) is 0 Å². The Hall–Kier alpha value is -2.82. The molecular weight excluding hydrogens is 372 g/mol. The van der Waals surface area contributed by atoms with Gasteiger partial charge in [0.15, 0.2) is 5.96 Å². The summed E-state index contributed by atoms with van der Waals surface area (Å²) in [4.78, 5) is 19.4. The van der Waals surface area contributed by atoms with Crippen LogP contribution in [0.5, 0.6) is 0 Å². The first-order valence-electron chi connectivity index (χ1n) is 11.1. The molecular formula is C25H32N4O. The molecule has 0 atom stereocenters. The predicted octanol–water partition coefficient (Wildman–Crippen LogP) is 3.60. The number of nitrogens with zero attached hydrogens (tertiary/aromatic N) is 2. The Morgan fingerprint density at radius 2 is 1.67 bits per heavy atom. The molecule has 158 valence electrons. The number of hydrogen-bond donors (Lipinski definition) is 2. The lowest BCUT2D eigenvalue weighted by atomic mass is 9.96. The summed E-state index contributed by atoms with van der Waals surface area (Å²) in [6, 6.07) is 19.0. The Labute approximate surface area is 179 Å². The number of amides is 1. The zero-order valence-corrected chi connectivity index (χ0v) is 17.9. The van der Waals surface area contributed by atoms with Gasteiger partial charge in [-0.15, -0.1) is 0 Å². The van der Waals surface area contributed by atoms with Crippen molar-refractivity contribution in [1.82, 2.24) is 15.5 Å². The number of aliphatic imine (C=N–C) groups is 1. The molecule has 2 aliphatic rings. The Bertz CT molecular complexity index is 864. The number of hydrogen-bond acceptors (Lipinski definition) is 2. The highest BCUT2D eigenvalue weighted by molar-refractivity contribution is 5.80. The highest BCUT2D eigenvalue weighted by Gasteiger charge is 2.43. The average Bonchev–Trinajstić information content (AvgIpc) is 3.45. The van der Waals surface area contributed by atoms with Crippen molar-refractivity contribution in [3.8, 4) is 0 Å². The van der Waals surface area contributed by atoms with E-state index in [0.717, 1.165) is 45.1 Å². The minimum Gasteiger partial charge on any atom is -0.357 e. The van der Waals surface area contributed by atoms with E-state index in [1.807, 2.05) is 17.0 Å². The Kier molecular flexibility index (Phi) is 6.36. The summed E-state index contributed by atoms with van der Waals surface area (Å²) < 4.78 is 0. The van der Waals surface area contributed by atoms with Crippen molar-refractivity contribution in [2.24, 2.45) is 4.99 Å². The molecule has 2 aromatic rings. The molecule has 0 radical (unpaired) electrons. The molecule has 5 nitrogen and oxygen atoms in total. The highest BCUT2D eigenvalue weighted by atomic mass is 16.2. The van der Waals surface area contributed by atoms with Crippen LogP contribution in [0.1, 0.15) is 49.3 Å². The molecule has 0 aromatic heterocycles. The molecule has 0 spiro atoms. The van der Waals surface area contributed by atoms with Crippen molar-refractivity contribution in [3.63, 3.8) is 0 Å². The molecule has 1 heterocycles. The molecule has 2 aromatic carbocycles. The quantitative estimate of drug-likeness (QED) is 0.402. The van der Waals surface area contributed by atoms with E-state index < -0.39 is 0 Å². The molecule has 0 bridgehead atoms. The topological polar surface area (TPSA) is 56.7 Å². The van der Waals surface area contributed by atoms with Crippen LogP contribution in [0.4, 0.5) is 0 Å². The number of carbonyl (C=O) groups is 1. The van der Waals surface area contributed by atoms with Gasteiger partial charge in [0.2, 0.25) is 5.91 Å². The highest BCUT2D eigenvalue weighted by Crippen LogP contribution is 2.48. The minimum atomic E-state index is 0.213. The summed E-state index contributed by atoms with van der Waals surface area (Å²) in [6.45, 7) is 5.95. The lowest BCUT2D eigenvalue weighted by Crippen LogP contribution is -2.38. The van der Waals surface area contributed by atoms with Gasteiger partial charge in [-0.05, 0) is 42.9 Å². The summed E-state index contributed by atoms with van der Waals surface area (Å²) in [5.74, 6) is 1.08. The SMILES string of the molecule is CCNC(=NCC1(c2ccccc2)CC1)NCCCC(=O)N1Cc2ccccc2C1. The van der Waals surface area contributed by atoms with Crippen molar-refractivity contribution in [2.75, 3.05) is 19.6 Å². The molecule has 1 fully saturated rings. The van der Waals surface area contributed by atoms with Crippen LogP contribution in [0.3, 0.4) is 0 Å². The smallest absolute Gasteiger partial charge is 0.223 e. The summed E-state index contributed by atoms with van der Waals surface area (Å²) >= 11 is 0. The van der Waals surface area contributed by atoms with Gasteiger partial charge in [-0.2, -0.15) is 0 Å².